The fourth-order valence-corrected chi connectivity index (χ4v) is 2.54. The first kappa shape index (κ1) is 15.0. The molecule has 2 unspecified atom stereocenters. The summed E-state index contributed by atoms with van der Waals surface area (Å²) in [5.41, 5.74) is 2.22. The van der Waals surface area contributed by atoms with Crippen molar-refractivity contribution in [2.24, 2.45) is 0 Å². The van der Waals surface area contributed by atoms with Crippen LogP contribution in [0.25, 0.3) is 0 Å². The summed E-state index contributed by atoms with van der Waals surface area (Å²) >= 11 is 6.17. The molecule has 1 N–H and O–H groups in total. The van der Waals surface area contributed by atoms with Crippen LogP contribution in [0.1, 0.15) is 31.0 Å². The van der Waals surface area contributed by atoms with E-state index in [1.165, 1.54) is 12.1 Å². The Morgan fingerprint density at radius 2 is 1.70 bits per heavy atom. The maximum atomic E-state index is 12.9. The molecular formula is C17H19ClFN. The summed E-state index contributed by atoms with van der Waals surface area (Å²) in [6.07, 6.45) is 0.866. The van der Waals surface area contributed by atoms with Crippen LogP contribution in [0.3, 0.4) is 0 Å². The summed E-state index contributed by atoms with van der Waals surface area (Å²) in [5.74, 6) is -0.204. The predicted octanol–water partition coefficient (Wildman–Crippen LogP) is 4.76. The number of hydrogen-bond acceptors (Lipinski definition) is 1. The summed E-state index contributed by atoms with van der Waals surface area (Å²) in [6, 6.07) is 15.0. The fourth-order valence-electron chi connectivity index (χ4n) is 2.33. The Balaban J connectivity index is 1.96. The Kier molecular flexibility index (Phi) is 5.16. The van der Waals surface area contributed by atoms with Gasteiger partial charge >= 0.3 is 0 Å². The minimum Gasteiger partial charge on any atom is -0.307 e. The van der Waals surface area contributed by atoms with Crippen LogP contribution in [-0.4, -0.2) is 6.04 Å². The van der Waals surface area contributed by atoms with Crippen molar-refractivity contribution in [2.45, 2.75) is 32.4 Å². The molecule has 2 atom stereocenters. The summed E-state index contributed by atoms with van der Waals surface area (Å²) in [4.78, 5) is 0. The van der Waals surface area contributed by atoms with Crippen molar-refractivity contribution in [3.05, 3.63) is 70.5 Å². The second-order valence-corrected chi connectivity index (χ2v) is 5.54. The van der Waals surface area contributed by atoms with Gasteiger partial charge in [0.25, 0.3) is 0 Å². The number of halogens is 2. The molecule has 20 heavy (non-hydrogen) atoms. The molecule has 0 fully saturated rings. The van der Waals surface area contributed by atoms with Crippen molar-refractivity contribution in [1.29, 1.82) is 0 Å². The monoisotopic (exact) mass is 291 g/mol. The van der Waals surface area contributed by atoms with Crippen LogP contribution >= 0.6 is 11.6 Å². The second kappa shape index (κ2) is 6.87. The van der Waals surface area contributed by atoms with Crippen molar-refractivity contribution >= 4 is 11.6 Å². The number of nitrogens with one attached hydrogen (secondary N) is 1. The molecule has 0 aliphatic heterocycles. The molecule has 0 spiro atoms. The molecule has 106 valence electrons. The van der Waals surface area contributed by atoms with Gasteiger partial charge in [-0.1, -0.05) is 41.9 Å². The van der Waals surface area contributed by atoms with Gasteiger partial charge in [-0.3, -0.25) is 0 Å². The third-order valence-corrected chi connectivity index (χ3v) is 3.76. The van der Waals surface area contributed by atoms with Gasteiger partial charge in [0.05, 0.1) is 0 Å². The highest BCUT2D eigenvalue weighted by Crippen LogP contribution is 2.18. The van der Waals surface area contributed by atoms with E-state index in [2.05, 4.69) is 19.2 Å². The molecule has 1 nitrogen and oxygen atoms in total. The van der Waals surface area contributed by atoms with E-state index in [1.54, 1.807) is 0 Å². The average molecular weight is 292 g/mol. The zero-order valence-electron chi connectivity index (χ0n) is 11.7. The van der Waals surface area contributed by atoms with Crippen LogP contribution in [0.15, 0.2) is 48.5 Å². The van der Waals surface area contributed by atoms with Gasteiger partial charge in [-0.25, -0.2) is 4.39 Å². The van der Waals surface area contributed by atoms with Crippen molar-refractivity contribution in [3.8, 4) is 0 Å². The van der Waals surface area contributed by atoms with E-state index in [9.17, 15) is 4.39 Å². The summed E-state index contributed by atoms with van der Waals surface area (Å²) in [6.45, 7) is 4.21. The lowest BCUT2D eigenvalue weighted by Gasteiger charge is -2.21. The SMILES string of the molecule is CC(Cc1ccccc1Cl)NC(C)c1ccc(F)cc1. The van der Waals surface area contributed by atoms with E-state index >= 15 is 0 Å². The van der Waals surface area contributed by atoms with Gasteiger partial charge in [-0.15, -0.1) is 0 Å². The topological polar surface area (TPSA) is 12.0 Å². The van der Waals surface area contributed by atoms with Crippen LogP contribution in [0.4, 0.5) is 4.39 Å². The quantitative estimate of drug-likeness (QED) is 0.837. The largest absolute Gasteiger partial charge is 0.307 e. The summed E-state index contributed by atoms with van der Waals surface area (Å²) in [5, 5.41) is 4.31. The van der Waals surface area contributed by atoms with Gasteiger partial charge in [-0.05, 0) is 49.6 Å². The standard InChI is InChI=1S/C17H19ClFN/c1-12(11-15-5-3-4-6-17(15)18)20-13(2)14-7-9-16(19)10-8-14/h3-10,12-13,20H,11H2,1-2H3. The highest BCUT2D eigenvalue weighted by atomic mass is 35.5. The highest BCUT2D eigenvalue weighted by molar-refractivity contribution is 6.31. The third kappa shape index (κ3) is 4.06. The van der Waals surface area contributed by atoms with Gasteiger partial charge in [0, 0.05) is 17.1 Å². The third-order valence-electron chi connectivity index (χ3n) is 3.39. The first-order chi connectivity index (χ1) is 9.56. The van der Waals surface area contributed by atoms with Crippen LogP contribution < -0.4 is 5.32 Å². The number of benzene rings is 2. The Morgan fingerprint density at radius 1 is 1.05 bits per heavy atom. The summed E-state index contributed by atoms with van der Waals surface area (Å²) < 4.78 is 12.9. The van der Waals surface area contributed by atoms with Gasteiger partial charge in [0.2, 0.25) is 0 Å². The van der Waals surface area contributed by atoms with Crippen molar-refractivity contribution in [1.82, 2.24) is 5.32 Å². The van der Waals surface area contributed by atoms with Crippen LogP contribution in [0, 0.1) is 5.82 Å². The van der Waals surface area contributed by atoms with E-state index in [0.29, 0.717) is 0 Å². The predicted molar refractivity (Wildman–Crippen MR) is 82.6 cm³/mol. The summed E-state index contributed by atoms with van der Waals surface area (Å²) in [7, 11) is 0. The first-order valence-electron chi connectivity index (χ1n) is 6.81. The lowest BCUT2D eigenvalue weighted by atomic mass is 10.0. The minimum absolute atomic E-state index is 0.174. The smallest absolute Gasteiger partial charge is 0.123 e. The maximum absolute atomic E-state index is 12.9. The highest BCUT2D eigenvalue weighted by Gasteiger charge is 2.11. The maximum Gasteiger partial charge on any atom is 0.123 e. The van der Waals surface area contributed by atoms with E-state index in [0.717, 1.165) is 22.6 Å². The molecule has 0 saturated carbocycles. The molecule has 0 aliphatic carbocycles. The zero-order chi connectivity index (χ0) is 14.5. The Labute approximate surface area is 124 Å². The lowest BCUT2D eigenvalue weighted by Crippen LogP contribution is -2.30. The Hall–Kier alpha value is -1.38. The van der Waals surface area contributed by atoms with Gasteiger partial charge in [-0.2, -0.15) is 0 Å². The van der Waals surface area contributed by atoms with E-state index < -0.39 is 0 Å². The van der Waals surface area contributed by atoms with E-state index in [-0.39, 0.29) is 17.9 Å². The lowest BCUT2D eigenvalue weighted by molar-refractivity contribution is 0.476. The molecule has 3 heteroatoms. The molecule has 0 aliphatic rings. The molecule has 2 aromatic carbocycles. The average Bonchev–Trinajstić information content (AvgIpc) is 2.42. The fraction of sp³-hybridized carbons (Fsp3) is 0.294. The molecule has 0 amide bonds. The zero-order valence-corrected chi connectivity index (χ0v) is 12.5. The van der Waals surface area contributed by atoms with Gasteiger partial charge in [0.1, 0.15) is 5.82 Å². The molecule has 0 heterocycles. The van der Waals surface area contributed by atoms with Gasteiger partial charge in [0.15, 0.2) is 0 Å². The molecule has 0 radical (unpaired) electrons. The Bertz CT molecular complexity index is 553. The number of rotatable bonds is 5. The molecule has 0 saturated heterocycles. The Morgan fingerprint density at radius 3 is 2.35 bits per heavy atom. The molecule has 0 aromatic heterocycles. The normalized spacial score (nSPS) is 14.0. The van der Waals surface area contributed by atoms with Crippen LogP contribution in [0.5, 0.6) is 0 Å². The van der Waals surface area contributed by atoms with E-state index in [4.69, 9.17) is 11.6 Å². The molecule has 0 bridgehead atoms. The van der Waals surface area contributed by atoms with Crippen molar-refractivity contribution in [2.75, 3.05) is 0 Å². The van der Waals surface area contributed by atoms with Crippen LogP contribution in [0.2, 0.25) is 5.02 Å². The van der Waals surface area contributed by atoms with Crippen molar-refractivity contribution in [3.63, 3.8) is 0 Å². The van der Waals surface area contributed by atoms with Gasteiger partial charge < -0.3 is 5.32 Å². The molecular weight excluding hydrogens is 273 g/mol. The molecule has 2 rings (SSSR count). The minimum atomic E-state index is -0.204. The van der Waals surface area contributed by atoms with Crippen molar-refractivity contribution < 1.29 is 4.39 Å². The van der Waals surface area contributed by atoms with Crippen LogP contribution in [-0.2, 0) is 6.42 Å². The number of hydrogen-bond donors (Lipinski definition) is 1. The molecule has 2 aromatic rings. The van der Waals surface area contributed by atoms with E-state index in [1.807, 2.05) is 36.4 Å². The first-order valence-corrected chi connectivity index (χ1v) is 7.19. The second-order valence-electron chi connectivity index (χ2n) is 5.14.